The van der Waals surface area contributed by atoms with Crippen molar-refractivity contribution in [2.75, 3.05) is 31.7 Å². The predicted octanol–water partition coefficient (Wildman–Crippen LogP) is 3.06. The zero-order chi connectivity index (χ0) is 15.8. The summed E-state index contributed by atoms with van der Waals surface area (Å²) in [5.41, 5.74) is 2.20. The maximum atomic E-state index is 8.88. The second-order valence-electron chi connectivity index (χ2n) is 4.68. The van der Waals surface area contributed by atoms with E-state index in [0.717, 1.165) is 41.6 Å². The first-order chi connectivity index (χ1) is 10.8. The van der Waals surface area contributed by atoms with Gasteiger partial charge in [0.05, 0.1) is 7.11 Å². The smallest absolute Gasteiger partial charge is 0.129 e. The Bertz CT molecular complexity index is 628. The van der Waals surface area contributed by atoms with Crippen LogP contribution in [0.25, 0.3) is 5.70 Å². The van der Waals surface area contributed by atoms with E-state index >= 15 is 0 Å². The predicted molar refractivity (Wildman–Crippen MR) is 89.2 cm³/mol. The highest BCUT2D eigenvalue weighted by Crippen LogP contribution is 2.25. The van der Waals surface area contributed by atoms with E-state index in [9.17, 15) is 0 Å². The van der Waals surface area contributed by atoms with Crippen LogP contribution in [0.2, 0.25) is 0 Å². The normalized spacial score (nSPS) is 14.7. The van der Waals surface area contributed by atoms with Crippen LogP contribution in [-0.4, -0.2) is 36.6 Å². The second-order valence-corrected chi connectivity index (χ2v) is 5.91. The van der Waals surface area contributed by atoms with Gasteiger partial charge in [-0.2, -0.15) is 22.3 Å². The van der Waals surface area contributed by atoms with Gasteiger partial charge in [0.25, 0.3) is 0 Å². The lowest BCUT2D eigenvalue weighted by Crippen LogP contribution is -2.31. The number of hydrogen-bond donors (Lipinski definition) is 0. The molecule has 0 aromatic heterocycles. The molecule has 1 aliphatic heterocycles. The maximum Gasteiger partial charge on any atom is 0.129 e. The highest BCUT2D eigenvalue weighted by atomic mass is 32.2. The van der Waals surface area contributed by atoms with Gasteiger partial charge in [-0.05, 0) is 42.0 Å². The van der Waals surface area contributed by atoms with E-state index in [2.05, 4.69) is 4.90 Å². The average Bonchev–Trinajstić information content (AvgIpc) is 2.60. The summed E-state index contributed by atoms with van der Waals surface area (Å²) in [4.78, 5) is 2.29. The summed E-state index contributed by atoms with van der Waals surface area (Å²) in [5.74, 6) is 2.98. The summed E-state index contributed by atoms with van der Waals surface area (Å²) in [6.07, 6.45) is 3.45. The number of hydrogen-bond acceptors (Lipinski definition) is 5. The van der Waals surface area contributed by atoms with Gasteiger partial charge in [-0.3, -0.25) is 0 Å². The van der Waals surface area contributed by atoms with Crippen LogP contribution < -0.4 is 4.74 Å². The van der Waals surface area contributed by atoms with E-state index in [4.69, 9.17) is 15.3 Å². The van der Waals surface area contributed by atoms with Crippen molar-refractivity contribution in [2.24, 2.45) is 0 Å². The zero-order valence-corrected chi connectivity index (χ0v) is 13.3. The van der Waals surface area contributed by atoms with Crippen LogP contribution in [0.15, 0.2) is 42.0 Å². The van der Waals surface area contributed by atoms with Gasteiger partial charge < -0.3 is 9.64 Å². The summed E-state index contributed by atoms with van der Waals surface area (Å²) < 4.78 is 5.19. The van der Waals surface area contributed by atoms with Gasteiger partial charge in [-0.1, -0.05) is 0 Å². The van der Waals surface area contributed by atoms with Crippen molar-refractivity contribution < 1.29 is 4.74 Å². The molecule has 1 heterocycles. The summed E-state index contributed by atoms with van der Waals surface area (Å²) in [6.45, 7) is 1.93. The molecule has 1 saturated heterocycles. The molecule has 112 valence electrons. The number of benzene rings is 1. The lowest BCUT2D eigenvalue weighted by atomic mass is 10.1. The first-order valence-electron chi connectivity index (χ1n) is 6.98. The van der Waals surface area contributed by atoms with Gasteiger partial charge in [0, 0.05) is 30.3 Å². The Morgan fingerprint density at radius 3 is 2.32 bits per heavy atom. The van der Waals surface area contributed by atoms with Gasteiger partial charge in [-0.25, -0.2) is 0 Å². The number of ether oxygens (including phenoxy) is 1. The fourth-order valence-electron chi connectivity index (χ4n) is 2.21. The van der Waals surface area contributed by atoms with Crippen LogP contribution in [0.5, 0.6) is 5.75 Å². The first-order valence-corrected chi connectivity index (χ1v) is 8.13. The molecule has 0 saturated carbocycles. The molecule has 0 N–H and O–H groups in total. The SMILES string of the molecule is COc1ccc(/C(=C/C=C(C#N)C#N)N2CCSCC2)cc1. The third-order valence-corrected chi connectivity index (χ3v) is 4.33. The molecule has 0 aliphatic carbocycles. The number of rotatable bonds is 4. The third kappa shape index (κ3) is 4.07. The molecule has 0 atom stereocenters. The molecule has 1 aromatic carbocycles. The van der Waals surface area contributed by atoms with E-state index in [1.54, 1.807) is 13.2 Å². The molecule has 0 bridgehead atoms. The molecule has 0 spiro atoms. The Morgan fingerprint density at radius 1 is 1.14 bits per heavy atom. The molecule has 0 unspecified atom stereocenters. The van der Waals surface area contributed by atoms with E-state index in [0.29, 0.717) is 0 Å². The standard InChI is InChI=1S/C17H17N3OS/c1-21-16-5-3-15(4-6-16)17(7-2-14(12-18)13-19)20-8-10-22-11-9-20/h2-7H,8-11H2,1H3/b17-7-. The fourth-order valence-corrected chi connectivity index (χ4v) is 3.12. The van der Waals surface area contributed by atoms with Gasteiger partial charge in [0.15, 0.2) is 0 Å². The van der Waals surface area contributed by atoms with Crippen LogP contribution in [-0.2, 0) is 0 Å². The molecule has 0 amide bonds. The minimum atomic E-state index is 0.109. The lowest BCUT2D eigenvalue weighted by Gasteiger charge is -2.31. The Hall–Kier alpha value is -2.37. The maximum absolute atomic E-state index is 8.88. The van der Waals surface area contributed by atoms with Crippen molar-refractivity contribution in [2.45, 2.75) is 0 Å². The van der Waals surface area contributed by atoms with Crippen LogP contribution >= 0.6 is 11.8 Å². The topological polar surface area (TPSA) is 60.0 Å². The molecule has 0 radical (unpaired) electrons. The van der Waals surface area contributed by atoms with Crippen molar-refractivity contribution in [1.82, 2.24) is 4.90 Å². The van der Waals surface area contributed by atoms with Crippen molar-refractivity contribution in [3.8, 4) is 17.9 Å². The van der Waals surface area contributed by atoms with E-state index in [1.165, 1.54) is 0 Å². The number of allylic oxidation sites excluding steroid dienone is 3. The molecule has 22 heavy (non-hydrogen) atoms. The minimum absolute atomic E-state index is 0.109. The molecule has 1 aromatic rings. The van der Waals surface area contributed by atoms with Crippen molar-refractivity contribution in [3.05, 3.63) is 47.6 Å². The van der Waals surface area contributed by atoms with Gasteiger partial charge in [-0.15, -0.1) is 0 Å². The van der Waals surface area contributed by atoms with Crippen molar-refractivity contribution >= 4 is 17.5 Å². The van der Waals surface area contributed by atoms with Gasteiger partial charge in [0.1, 0.15) is 23.5 Å². The average molecular weight is 311 g/mol. The minimum Gasteiger partial charge on any atom is -0.497 e. The zero-order valence-electron chi connectivity index (χ0n) is 12.5. The highest BCUT2D eigenvalue weighted by Gasteiger charge is 2.15. The van der Waals surface area contributed by atoms with Crippen molar-refractivity contribution in [1.29, 1.82) is 10.5 Å². The van der Waals surface area contributed by atoms with Crippen LogP contribution in [0.4, 0.5) is 0 Å². The molecule has 1 fully saturated rings. The van der Waals surface area contributed by atoms with E-state index in [1.807, 2.05) is 54.2 Å². The van der Waals surface area contributed by atoms with Crippen LogP contribution in [0, 0.1) is 22.7 Å². The first kappa shape index (κ1) is 16.0. The number of thioether (sulfide) groups is 1. The van der Waals surface area contributed by atoms with Crippen LogP contribution in [0.3, 0.4) is 0 Å². The molecule has 2 rings (SSSR count). The Labute approximate surface area is 135 Å². The Kier molecular flexibility index (Phi) is 5.94. The summed E-state index contributed by atoms with van der Waals surface area (Å²) >= 11 is 1.94. The summed E-state index contributed by atoms with van der Waals surface area (Å²) in [5, 5.41) is 17.8. The molecular formula is C17H17N3OS. The molecule has 5 heteroatoms. The Morgan fingerprint density at radius 2 is 1.77 bits per heavy atom. The quantitative estimate of drug-likeness (QED) is 0.632. The number of nitrogens with zero attached hydrogens (tertiary/aromatic N) is 3. The number of methoxy groups -OCH3 is 1. The van der Waals surface area contributed by atoms with E-state index in [-0.39, 0.29) is 5.57 Å². The third-order valence-electron chi connectivity index (χ3n) is 3.39. The molecule has 4 nitrogen and oxygen atoms in total. The van der Waals surface area contributed by atoms with Crippen molar-refractivity contribution in [3.63, 3.8) is 0 Å². The summed E-state index contributed by atoms with van der Waals surface area (Å²) in [6, 6.07) is 11.6. The molecule has 1 aliphatic rings. The largest absolute Gasteiger partial charge is 0.497 e. The molecular weight excluding hydrogens is 294 g/mol. The number of nitriles is 2. The fraction of sp³-hybridized carbons (Fsp3) is 0.294. The van der Waals surface area contributed by atoms with Gasteiger partial charge >= 0.3 is 0 Å². The van der Waals surface area contributed by atoms with Crippen LogP contribution in [0.1, 0.15) is 5.56 Å². The second kappa shape index (κ2) is 8.17. The lowest BCUT2D eigenvalue weighted by molar-refractivity contribution is 0.414. The summed E-state index contributed by atoms with van der Waals surface area (Å²) in [7, 11) is 1.64. The van der Waals surface area contributed by atoms with E-state index < -0.39 is 0 Å². The van der Waals surface area contributed by atoms with Gasteiger partial charge in [0.2, 0.25) is 0 Å². The monoisotopic (exact) mass is 311 g/mol. The Balaban J connectivity index is 2.36. The highest BCUT2D eigenvalue weighted by molar-refractivity contribution is 7.99.